The predicted octanol–water partition coefficient (Wildman–Crippen LogP) is 6.50. The number of rotatable bonds is 9. The summed E-state index contributed by atoms with van der Waals surface area (Å²) in [5.74, 6) is 0.0584. The van der Waals surface area contributed by atoms with Crippen molar-refractivity contribution in [3.8, 4) is 5.75 Å². The van der Waals surface area contributed by atoms with Gasteiger partial charge >= 0.3 is 5.97 Å². The first kappa shape index (κ1) is 25.1. The van der Waals surface area contributed by atoms with Crippen LogP contribution in [0.15, 0.2) is 89.5 Å². The van der Waals surface area contributed by atoms with Crippen molar-refractivity contribution in [2.24, 2.45) is 5.73 Å². The van der Waals surface area contributed by atoms with E-state index >= 15 is 0 Å². The molecule has 1 heterocycles. The largest absolute Gasteiger partial charge is 0.491 e. The number of hydrogen-bond donors (Lipinski definition) is 2. The number of furan rings is 1. The summed E-state index contributed by atoms with van der Waals surface area (Å²) >= 11 is 0. The molecule has 5 heteroatoms. The first-order valence-corrected chi connectivity index (χ1v) is 11.7. The Morgan fingerprint density at radius 1 is 0.971 bits per heavy atom. The molecule has 0 amide bonds. The van der Waals surface area contributed by atoms with Gasteiger partial charge in [0.1, 0.15) is 11.3 Å². The standard InChI is InChI=1S/C22H27NO2.C7H6O2/c1-16(23)15-21-18(11-12-22-20(21)13-14-24-22)8-6-7-17(2)25-19-9-4-3-5-10-19;8-7(9)6-4-2-1-3-5-6/h3-5,9-14,16-17H,6-8,15,23H2,1-2H3;1-5H,(H,8,9). The Kier molecular flexibility index (Phi) is 9.30. The third kappa shape index (κ3) is 7.49. The van der Waals surface area contributed by atoms with E-state index in [2.05, 4.69) is 32.0 Å². The molecule has 5 nitrogen and oxygen atoms in total. The Labute approximate surface area is 201 Å². The van der Waals surface area contributed by atoms with Crippen molar-refractivity contribution in [3.63, 3.8) is 0 Å². The smallest absolute Gasteiger partial charge is 0.335 e. The monoisotopic (exact) mass is 459 g/mol. The summed E-state index contributed by atoms with van der Waals surface area (Å²) in [5, 5.41) is 9.58. The summed E-state index contributed by atoms with van der Waals surface area (Å²) in [5.41, 5.74) is 10.0. The second kappa shape index (κ2) is 12.6. The first-order chi connectivity index (χ1) is 16.4. The Hall–Kier alpha value is -3.57. The van der Waals surface area contributed by atoms with Gasteiger partial charge in [-0.15, -0.1) is 0 Å². The average molecular weight is 460 g/mol. The predicted molar refractivity (Wildman–Crippen MR) is 136 cm³/mol. The molecule has 3 aromatic carbocycles. The lowest BCUT2D eigenvalue weighted by molar-refractivity contribution is 0.0697. The summed E-state index contributed by atoms with van der Waals surface area (Å²) in [6.45, 7) is 4.19. The molecule has 1 aromatic heterocycles. The highest BCUT2D eigenvalue weighted by atomic mass is 16.5. The second-order valence-electron chi connectivity index (χ2n) is 8.52. The lowest BCUT2D eigenvalue weighted by Crippen LogP contribution is -2.19. The molecule has 0 aliphatic rings. The fourth-order valence-electron chi connectivity index (χ4n) is 3.90. The van der Waals surface area contributed by atoms with Crippen molar-refractivity contribution >= 4 is 16.9 Å². The van der Waals surface area contributed by atoms with Gasteiger partial charge in [-0.25, -0.2) is 4.79 Å². The van der Waals surface area contributed by atoms with Crippen molar-refractivity contribution in [3.05, 3.63) is 102 Å². The zero-order valence-corrected chi connectivity index (χ0v) is 19.8. The fourth-order valence-corrected chi connectivity index (χ4v) is 3.90. The fraction of sp³-hybridized carbons (Fsp3) is 0.276. The van der Waals surface area contributed by atoms with E-state index in [1.54, 1.807) is 36.6 Å². The van der Waals surface area contributed by atoms with Gasteiger partial charge in [0.15, 0.2) is 0 Å². The van der Waals surface area contributed by atoms with Gasteiger partial charge in [0, 0.05) is 11.4 Å². The number of nitrogens with two attached hydrogens (primary N) is 1. The Bertz CT molecular complexity index is 1150. The van der Waals surface area contributed by atoms with Crippen LogP contribution in [0.1, 0.15) is 48.2 Å². The van der Waals surface area contributed by atoms with Crippen LogP contribution in [-0.4, -0.2) is 23.2 Å². The maximum absolute atomic E-state index is 10.2. The number of aromatic carboxylic acids is 1. The summed E-state index contributed by atoms with van der Waals surface area (Å²) in [6.07, 6.45) is 5.99. The van der Waals surface area contributed by atoms with Crippen molar-refractivity contribution in [1.82, 2.24) is 0 Å². The molecule has 4 aromatic rings. The van der Waals surface area contributed by atoms with Crippen LogP contribution in [0.2, 0.25) is 0 Å². The highest BCUT2D eigenvalue weighted by Crippen LogP contribution is 2.26. The van der Waals surface area contributed by atoms with Crippen LogP contribution >= 0.6 is 0 Å². The zero-order chi connectivity index (χ0) is 24.3. The number of ether oxygens (including phenoxy) is 1. The van der Waals surface area contributed by atoms with Crippen molar-refractivity contribution in [1.29, 1.82) is 0 Å². The molecule has 2 unspecified atom stereocenters. The number of aryl methyl sites for hydroxylation is 1. The SMILES string of the molecule is CC(N)Cc1c(CCCC(C)Oc2ccccc2)ccc2occc12.O=C(O)c1ccccc1. The van der Waals surface area contributed by atoms with E-state index < -0.39 is 5.97 Å². The lowest BCUT2D eigenvalue weighted by atomic mass is 9.94. The molecule has 0 spiro atoms. The van der Waals surface area contributed by atoms with Gasteiger partial charge in [-0.1, -0.05) is 42.5 Å². The second-order valence-corrected chi connectivity index (χ2v) is 8.52. The zero-order valence-electron chi connectivity index (χ0n) is 19.8. The maximum atomic E-state index is 10.2. The third-order valence-corrected chi connectivity index (χ3v) is 5.53. The molecule has 0 aliphatic carbocycles. The average Bonchev–Trinajstić information content (AvgIpc) is 3.31. The van der Waals surface area contributed by atoms with Crippen LogP contribution in [0.3, 0.4) is 0 Å². The van der Waals surface area contributed by atoms with Gasteiger partial charge in [0.05, 0.1) is 17.9 Å². The van der Waals surface area contributed by atoms with Gasteiger partial charge in [-0.2, -0.15) is 0 Å². The van der Waals surface area contributed by atoms with Gasteiger partial charge in [-0.3, -0.25) is 0 Å². The van der Waals surface area contributed by atoms with Crippen LogP contribution in [0.4, 0.5) is 0 Å². The van der Waals surface area contributed by atoms with E-state index in [4.69, 9.17) is 20.0 Å². The molecule has 0 saturated heterocycles. The van der Waals surface area contributed by atoms with E-state index in [9.17, 15) is 4.79 Å². The van der Waals surface area contributed by atoms with Crippen molar-refractivity contribution in [2.75, 3.05) is 0 Å². The Morgan fingerprint density at radius 3 is 2.26 bits per heavy atom. The number of hydrogen-bond acceptors (Lipinski definition) is 4. The minimum atomic E-state index is -0.879. The molecule has 3 N–H and O–H groups in total. The van der Waals surface area contributed by atoms with Gasteiger partial charge in [0.25, 0.3) is 0 Å². The van der Waals surface area contributed by atoms with E-state index in [1.165, 1.54) is 16.5 Å². The number of carboxylic acid groups (broad SMARTS) is 1. The molecule has 4 rings (SSSR count). The Morgan fingerprint density at radius 2 is 1.65 bits per heavy atom. The minimum Gasteiger partial charge on any atom is -0.491 e. The molecule has 34 heavy (non-hydrogen) atoms. The van der Waals surface area contributed by atoms with E-state index in [0.29, 0.717) is 5.56 Å². The van der Waals surface area contributed by atoms with Crippen LogP contribution in [0, 0.1) is 0 Å². The summed E-state index contributed by atoms with van der Waals surface area (Å²) in [4.78, 5) is 10.2. The van der Waals surface area contributed by atoms with E-state index in [-0.39, 0.29) is 12.1 Å². The molecule has 178 valence electrons. The summed E-state index contributed by atoms with van der Waals surface area (Å²) in [6, 6.07) is 24.8. The van der Waals surface area contributed by atoms with E-state index in [1.807, 2.05) is 30.3 Å². The molecule has 2 atom stereocenters. The third-order valence-electron chi connectivity index (χ3n) is 5.53. The lowest BCUT2D eigenvalue weighted by Gasteiger charge is -2.16. The molecule has 0 bridgehead atoms. The van der Waals surface area contributed by atoms with Crippen LogP contribution in [0.5, 0.6) is 5.75 Å². The molecule has 0 radical (unpaired) electrons. The van der Waals surface area contributed by atoms with Crippen molar-refractivity contribution < 1.29 is 19.1 Å². The molecule has 0 aliphatic heterocycles. The molecular weight excluding hydrogens is 426 g/mol. The number of carboxylic acids is 1. The van der Waals surface area contributed by atoms with Crippen LogP contribution in [-0.2, 0) is 12.8 Å². The Balaban J connectivity index is 0.000000302. The van der Waals surface area contributed by atoms with Gasteiger partial charge < -0.3 is 20.0 Å². The molecule has 0 fully saturated rings. The molecule has 0 saturated carbocycles. The van der Waals surface area contributed by atoms with E-state index in [0.717, 1.165) is 37.0 Å². The number of carbonyl (C=O) groups is 1. The highest BCUT2D eigenvalue weighted by Gasteiger charge is 2.12. The normalized spacial score (nSPS) is 12.4. The maximum Gasteiger partial charge on any atom is 0.335 e. The highest BCUT2D eigenvalue weighted by molar-refractivity contribution is 5.87. The van der Waals surface area contributed by atoms with Crippen LogP contribution in [0.25, 0.3) is 11.0 Å². The topological polar surface area (TPSA) is 85.7 Å². The first-order valence-electron chi connectivity index (χ1n) is 11.7. The van der Waals surface area contributed by atoms with Gasteiger partial charge in [-0.05, 0) is 87.1 Å². The van der Waals surface area contributed by atoms with Crippen molar-refractivity contribution in [2.45, 2.75) is 51.7 Å². The minimum absolute atomic E-state index is 0.139. The number of benzene rings is 3. The van der Waals surface area contributed by atoms with Gasteiger partial charge in [0.2, 0.25) is 0 Å². The number of fused-ring (bicyclic) bond motifs is 1. The summed E-state index contributed by atoms with van der Waals surface area (Å²) < 4.78 is 11.5. The molecular formula is C29H33NO4. The quantitative estimate of drug-likeness (QED) is 0.298. The summed E-state index contributed by atoms with van der Waals surface area (Å²) in [7, 11) is 0. The number of para-hydroxylation sites is 1. The van der Waals surface area contributed by atoms with Crippen LogP contribution < -0.4 is 10.5 Å².